The molecule has 0 radical (unpaired) electrons. The maximum Gasteiger partial charge on any atom is 0.329 e. The Hall–Kier alpha value is -1.36. The van der Waals surface area contributed by atoms with E-state index in [-0.39, 0.29) is 5.91 Å². The Morgan fingerprint density at radius 3 is 2.83 bits per heavy atom. The van der Waals surface area contributed by atoms with Crippen molar-refractivity contribution < 1.29 is 14.3 Å². The van der Waals surface area contributed by atoms with Gasteiger partial charge >= 0.3 is 5.97 Å². The molecule has 0 heterocycles. The highest BCUT2D eigenvalue weighted by Gasteiger charge is 2.19. The summed E-state index contributed by atoms with van der Waals surface area (Å²) < 4.78 is 4.64. The van der Waals surface area contributed by atoms with E-state index in [0.29, 0.717) is 6.54 Å². The van der Waals surface area contributed by atoms with Gasteiger partial charge in [-0.3, -0.25) is 4.79 Å². The number of carbonyl (C=O) groups excluding carboxylic acids is 2. The highest BCUT2D eigenvalue weighted by atomic mass is 16.5. The first-order valence-electron chi connectivity index (χ1n) is 6.37. The van der Waals surface area contributed by atoms with Gasteiger partial charge in [-0.1, -0.05) is 11.6 Å². The summed E-state index contributed by atoms with van der Waals surface area (Å²) in [4.78, 5) is 22.4. The summed E-state index contributed by atoms with van der Waals surface area (Å²) in [7, 11) is 1.32. The molecule has 1 rings (SSSR count). The molecule has 1 aliphatic rings. The van der Waals surface area contributed by atoms with E-state index in [9.17, 15) is 9.59 Å². The highest BCUT2D eigenvalue weighted by molar-refractivity contribution is 5.83. The van der Waals surface area contributed by atoms with Crippen molar-refractivity contribution in [3.63, 3.8) is 0 Å². The molecular formula is C13H22N2O3. The zero-order valence-electron chi connectivity index (χ0n) is 11.1. The predicted molar refractivity (Wildman–Crippen MR) is 69.0 cm³/mol. The Labute approximate surface area is 108 Å². The molecule has 0 saturated heterocycles. The third kappa shape index (κ3) is 5.31. The van der Waals surface area contributed by atoms with Crippen LogP contribution in [0, 0.1) is 0 Å². The van der Waals surface area contributed by atoms with Crippen LogP contribution in [0.15, 0.2) is 11.6 Å². The Bertz CT molecular complexity index is 326. The van der Waals surface area contributed by atoms with Gasteiger partial charge < -0.3 is 15.4 Å². The zero-order chi connectivity index (χ0) is 13.4. The average molecular weight is 254 g/mol. The van der Waals surface area contributed by atoms with Crippen LogP contribution in [-0.4, -0.2) is 38.1 Å². The van der Waals surface area contributed by atoms with Crippen molar-refractivity contribution in [2.24, 2.45) is 0 Å². The second kappa shape index (κ2) is 7.87. The maximum atomic E-state index is 11.4. The average Bonchev–Trinajstić information content (AvgIpc) is 2.84. The SMILES string of the molecule is COC(=O)C(CNCCC1=CCCC1)NC(C)=O. The van der Waals surface area contributed by atoms with E-state index < -0.39 is 12.0 Å². The fourth-order valence-corrected chi connectivity index (χ4v) is 2.04. The number of ether oxygens (including phenoxy) is 1. The van der Waals surface area contributed by atoms with Crippen LogP contribution >= 0.6 is 0 Å². The number of rotatable bonds is 7. The minimum absolute atomic E-state index is 0.231. The molecule has 0 fully saturated rings. The zero-order valence-corrected chi connectivity index (χ0v) is 11.1. The second-order valence-electron chi connectivity index (χ2n) is 4.48. The molecule has 0 aliphatic heterocycles. The van der Waals surface area contributed by atoms with Crippen LogP contribution in [0.3, 0.4) is 0 Å². The Morgan fingerprint density at radius 1 is 1.50 bits per heavy atom. The summed E-state index contributed by atoms with van der Waals surface area (Å²) in [6.45, 7) is 2.61. The normalized spacial score (nSPS) is 16.0. The largest absolute Gasteiger partial charge is 0.467 e. The molecule has 18 heavy (non-hydrogen) atoms. The van der Waals surface area contributed by atoms with Gasteiger partial charge in [0.1, 0.15) is 6.04 Å². The number of nitrogens with one attached hydrogen (secondary N) is 2. The first-order valence-corrected chi connectivity index (χ1v) is 6.37. The quantitative estimate of drug-likeness (QED) is 0.400. The van der Waals surface area contributed by atoms with Gasteiger partial charge in [0.05, 0.1) is 7.11 Å². The molecule has 1 aliphatic carbocycles. The molecule has 0 aromatic rings. The fourth-order valence-electron chi connectivity index (χ4n) is 2.04. The van der Waals surface area contributed by atoms with Crippen LogP contribution in [0.4, 0.5) is 0 Å². The Kier molecular flexibility index (Phi) is 6.43. The number of hydrogen-bond acceptors (Lipinski definition) is 4. The lowest BCUT2D eigenvalue weighted by Crippen LogP contribution is -2.47. The van der Waals surface area contributed by atoms with Gasteiger partial charge in [0.15, 0.2) is 0 Å². The molecule has 2 N–H and O–H groups in total. The summed E-state index contributed by atoms with van der Waals surface area (Å²) in [6.07, 6.45) is 6.92. The van der Waals surface area contributed by atoms with Crippen molar-refractivity contribution in [1.29, 1.82) is 0 Å². The fraction of sp³-hybridized carbons (Fsp3) is 0.692. The topological polar surface area (TPSA) is 67.4 Å². The van der Waals surface area contributed by atoms with Gasteiger partial charge in [-0.15, -0.1) is 0 Å². The van der Waals surface area contributed by atoms with Crippen LogP contribution in [0.1, 0.15) is 32.6 Å². The molecule has 0 bridgehead atoms. The van der Waals surface area contributed by atoms with E-state index in [1.54, 1.807) is 0 Å². The molecule has 5 heteroatoms. The molecular weight excluding hydrogens is 232 g/mol. The van der Waals surface area contributed by atoms with E-state index in [1.807, 2.05) is 0 Å². The lowest BCUT2D eigenvalue weighted by molar-refractivity contribution is -0.144. The van der Waals surface area contributed by atoms with Crippen LogP contribution < -0.4 is 10.6 Å². The number of allylic oxidation sites excluding steroid dienone is 1. The van der Waals surface area contributed by atoms with Crippen molar-refractivity contribution in [2.75, 3.05) is 20.2 Å². The number of carbonyl (C=O) groups is 2. The number of amides is 1. The number of methoxy groups -OCH3 is 1. The molecule has 1 unspecified atom stereocenters. The van der Waals surface area contributed by atoms with E-state index in [0.717, 1.165) is 13.0 Å². The van der Waals surface area contributed by atoms with Crippen molar-refractivity contribution in [2.45, 2.75) is 38.6 Å². The molecule has 1 atom stereocenters. The smallest absolute Gasteiger partial charge is 0.329 e. The molecule has 1 amide bonds. The van der Waals surface area contributed by atoms with Crippen molar-refractivity contribution in [3.8, 4) is 0 Å². The van der Waals surface area contributed by atoms with Gasteiger partial charge in [-0.05, 0) is 32.2 Å². The van der Waals surface area contributed by atoms with Gasteiger partial charge in [-0.2, -0.15) is 0 Å². The minimum atomic E-state index is -0.606. The van der Waals surface area contributed by atoms with Gasteiger partial charge in [-0.25, -0.2) is 4.79 Å². The van der Waals surface area contributed by atoms with E-state index >= 15 is 0 Å². The van der Waals surface area contributed by atoms with Crippen LogP contribution in [0.5, 0.6) is 0 Å². The number of esters is 1. The minimum Gasteiger partial charge on any atom is -0.467 e. The molecule has 0 aromatic carbocycles. The van der Waals surface area contributed by atoms with E-state index in [2.05, 4.69) is 21.4 Å². The van der Waals surface area contributed by atoms with E-state index in [4.69, 9.17) is 0 Å². The second-order valence-corrected chi connectivity index (χ2v) is 4.48. The first kappa shape index (κ1) is 14.7. The van der Waals surface area contributed by atoms with Gasteiger partial charge in [0, 0.05) is 13.5 Å². The van der Waals surface area contributed by atoms with Gasteiger partial charge in [0.25, 0.3) is 0 Å². The van der Waals surface area contributed by atoms with Crippen LogP contribution in [0.25, 0.3) is 0 Å². The van der Waals surface area contributed by atoms with Crippen molar-refractivity contribution >= 4 is 11.9 Å². The van der Waals surface area contributed by atoms with Crippen molar-refractivity contribution in [3.05, 3.63) is 11.6 Å². The Balaban J connectivity index is 2.23. The van der Waals surface area contributed by atoms with Crippen LogP contribution in [-0.2, 0) is 14.3 Å². The molecule has 5 nitrogen and oxygen atoms in total. The van der Waals surface area contributed by atoms with E-state index in [1.165, 1.54) is 38.9 Å². The first-order chi connectivity index (χ1) is 8.63. The third-order valence-electron chi connectivity index (χ3n) is 2.97. The molecule has 0 spiro atoms. The predicted octanol–water partition coefficient (Wildman–Crippen LogP) is 0.754. The monoisotopic (exact) mass is 254 g/mol. The molecule has 0 aromatic heterocycles. The maximum absolute atomic E-state index is 11.4. The lowest BCUT2D eigenvalue weighted by Gasteiger charge is -2.16. The summed E-state index contributed by atoms with van der Waals surface area (Å²) in [5, 5.41) is 5.74. The highest BCUT2D eigenvalue weighted by Crippen LogP contribution is 2.19. The standard InChI is InChI=1S/C13H22N2O3/c1-10(16)15-12(13(17)18-2)9-14-8-7-11-5-3-4-6-11/h5,12,14H,3-4,6-9H2,1-2H3,(H,15,16). The summed E-state index contributed by atoms with van der Waals surface area (Å²) in [5.41, 5.74) is 1.48. The third-order valence-corrected chi connectivity index (χ3v) is 2.97. The number of hydrogen-bond donors (Lipinski definition) is 2. The van der Waals surface area contributed by atoms with Crippen molar-refractivity contribution in [1.82, 2.24) is 10.6 Å². The molecule has 0 saturated carbocycles. The summed E-state index contributed by atoms with van der Waals surface area (Å²) in [5.74, 6) is -0.650. The molecule has 102 valence electrons. The summed E-state index contributed by atoms with van der Waals surface area (Å²) in [6, 6.07) is -0.606. The Morgan fingerprint density at radius 2 is 2.28 bits per heavy atom. The summed E-state index contributed by atoms with van der Waals surface area (Å²) >= 11 is 0. The lowest BCUT2D eigenvalue weighted by atomic mass is 10.1. The van der Waals surface area contributed by atoms with Gasteiger partial charge in [0.2, 0.25) is 5.91 Å². The van der Waals surface area contributed by atoms with Crippen LogP contribution in [0.2, 0.25) is 0 Å².